The molecule has 0 aromatic heterocycles. The summed E-state index contributed by atoms with van der Waals surface area (Å²) < 4.78 is 1.30. The smallest absolute Gasteiger partial charge is 0.0130 e. The standard InChI is InChI=1S/C11H14BrI/c1-11(2,8-12)7-9-3-5-10(13)6-4-9/h3-6H,7-8H2,1-2H3. The predicted molar refractivity (Wildman–Crippen MR) is 70.4 cm³/mol. The fourth-order valence-electron chi connectivity index (χ4n) is 1.20. The van der Waals surface area contributed by atoms with Gasteiger partial charge in [0.1, 0.15) is 0 Å². The molecule has 0 saturated carbocycles. The van der Waals surface area contributed by atoms with Crippen LogP contribution in [0.25, 0.3) is 0 Å². The monoisotopic (exact) mass is 352 g/mol. The molecule has 0 amide bonds. The molecule has 0 spiro atoms. The number of benzene rings is 1. The zero-order valence-corrected chi connectivity index (χ0v) is 11.7. The van der Waals surface area contributed by atoms with Gasteiger partial charge in [0.2, 0.25) is 0 Å². The highest BCUT2D eigenvalue weighted by molar-refractivity contribution is 14.1. The lowest BCUT2D eigenvalue weighted by molar-refractivity contribution is 0.425. The number of halogens is 2. The molecule has 0 atom stereocenters. The highest BCUT2D eigenvalue weighted by atomic mass is 127. The van der Waals surface area contributed by atoms with Crippen LogP contribution in [0.5, 0.6) is 0 Å². The SMILES string of the molecule is CC(C)(CBr)Cc1ccc(I)cc1. The topological polar surface area (TPSA) is 0 Å². The van der Waals surface area contributed by atoms with Crippen LogP contribution in [0.4, 0.5) is 0 Å². The molecule has 0 aliphatic rings. The zero-order valence-electron chi connectivity index (χ0n) is 7.98. The summed E-state index contributed by atoms with van der Waals surface area (Å²) in [6.45, 7) is 4.55. The van der Waals surface area contributed by atoms with Crippen molar-refractivity contribution in [2.24, 2.45) is 5.41 Å². The van der Waals surface area contributed by atoms with E-state index in [1.54, 1.807) is 0 Å². The second kappa shape index (κ2) is 4.78. The summed E-state index contributed by atoms with van der Waals surface area (Å²) in [6, 6.07) is 8.76. The second-order valence-corrected chi connectivity index (χ2v) is 5.91. The Balaban J connectivity index is 2.69. The zero-order chi connectivity index (χ0) is 9.90. The molecular weight excluding hydrogens is 339 g/mol. The molecule has 0 nitrogen and oxygen atoms in total. The van der Waals surface area contributed by atoms with E-state index in [1.807, 2.05) is 0 Å². The van der Waals surface area contributed by atoms with Gasteiger partial charge in [-0.1, -0.05) is 41.9 Å². The molecular formula is C11H14BrI. The number of rotatable bonds is 3. The minimum atomic E-state index is 0.354. The van der Waals surface area contributed by atoms with E-state index in [-0.39, 0.29) is 0 Å². The van der Waals surface area contributed by atoms with E-state index in [4.69, 9.17) is 0 Å². The lowest BCUT2D eigenvalue weighted by Gasteiger charge is -2.21. The summed E-state index contributed by atoms with van der Waals surface area (Å²) in [5.74, 6) is 0. The molecule has 0 radical (unpaired) electrons. The third kappa shape index (κ3) is 3.98. The molecule has 0 unspecified atom stereocenters. The first-order valence-electron chi connectivity index (χ1n) is 4.34. The molecule has 0 aliphatic heterocycles. The fraction of sp³-hybridized carbons (Fsp3) is 0.455. The van der Waals surface area contributed by atoms with Crippen LogP contribution >= 0.6 is 38.5 Å². The largest absolute Gasteiger partial charge is 0.0922 e. The molecule has 72 valence electrons. The van der Waals surface area contributed by atoms with Gasteiger partial charge in [-0.2, -0.15) is 0 Å². The molecule has 1 aromatic carbocycles. The number of alkyl halides is 1. The van der Waals surface area contributed by atoms with E-state index in [0.717, 1.165) is 11.8 Å². The average molecular weight is 353 g/mol. The van der Waals surface area contributed by atoms with Crippen LogP contribution in [0.15, 0.2) is 24.3 Å². The fourth-order valence-corrected chi connectivity index (χ4v) is 1.76. The van der Waals surface area contributed by atoms with Crippen molar-refractivity contribution in [3.8, 4) is 0 Å². The Morgan fingerprint density at radius 1 is 1.23 bits per heavy atom. The quantitative estimate of drug-likeness (QED) is 0.563. The van der Waals surface area contributed by atoms with Gasteiger partial charge in [0.25, 0.3) is 0 Å². The lowest BCUT2D eigenvalue weighted by atomic mass is 9.88. The molecule has 0 bridgehead atoms. The summed E-state index contributed by atoms with van der Waals surface area (Å²) in [4.78, 5) is 0. The van der Waals surface area contributed by atoms with Gasteiger partial charge in [-0.3, -0.25) is 0 Å². The molecule has 1 rings (SSSR count). The maximum Gasteiger partial charge on any atom is 0.0130 e. The lowest BCUT2D eigenvalue weighted by Crippen LogP contribution is -2.16. The van der Waals surface area contributed by atoms with Crippen molar-refractivity contribution < 1.29 is 0 Å². The predicted octanol–water partition coefficient (Wildman–Crippen LogP) is 4.25. The molecule has 13 heavy (non-hydrogen) atoms. The Kier molecular flexibility index (Phi) is 4.23. The summed E-state index contributed by atoms with van der Waals surface area (Å²) in [7, 11) is 0. The van der Waals surface area contributed by atoms with Gasteiger partial charge >= 0.3 is 0 Å². The Bertz CT molecular complexity index is 264. The first kappa shape index (κ1) is 11.5. The Hall–Kier alpha value is 0.430. The summed E-state index contributed by atoms with van der Waals surface area (Å²) in [5, 5.41) is 1.05. The maximum absolute atomic E-state index is 3.54. The van der Waals surface area contributed by atoms with E-state index < -0.39 is 0 Å². The molecule has 1 aromatic rings. The van der Waals surface area contributed by atoms with Crippen molar-refractivity contribution in [3.63, 3.8) is 0 Å². The maximum atomic E-state index is 3.54. The first-order chi connectivity index (χ1) is 6.03. The summed E-state index contributed by atoms with van der Waals surface area (Å²) in [6.07, 6.45) is 1.13. The molecule has 2 heteroatoms. The van der Waals surface area contributed by atoms with Crippen LogP contribution in [0.2, 0.25) is 0 Å². The van der Waals surface area contributed by atoms with E-state index in [2.05, 4.69) is 76.6 Å². The van der Waals surface area contributed by atoms with Crippen LogP contribution in [0.3, 0.4) is 0 Å². The van der Waals surface area contributed by atoms with Crippen molar-refractivity contribution in [2.45, 2.75) is 20.3 Å². The Morgan fingerprint density at radius 2 is 1.77 bits per heavy atom. The van der Waals surface area contributed by atoms with Gasteiger partial charge in [0.05, 0.1) is 0 Å². The van der Waals surface area contributed by atoms with E-state index >= 15 is 0 Å². The molecule has 0 fully saturated rings. The molecule has 0 heterocycles. The molecule has 0 aliphatic carbocycles. The molecule has 0 saturated heterocycles. The average Bonchev–Trinajstić information content (AvgIpc) is 2.09. The van der Waals surface area contributed by atoms with Crippen LogP contribution in [-0.2, 0) is 6.42 Å². The van der Waals surface area contributed by atoms with Crippen molar-refractivity contribution in [1.82, 2.24) is 0 Å². The van der Waals surface area contributed by atoms with Crippen molar-refractivity contribution in [2.75, 3.05) is 5.33 Å². The summed E-state index contributed by atoms with van der Waals surface area (Å²) >= 11 is 5.88. The number of hydrogen-bond acceptors (Lipinski definition) is 0. The van der Waals surface area contributed by atoms with Crippen LogP contribution < -0.4 is 0 Å². The normalized spacial score (nSPS) is 11.7. The Labute approximate surface area is 102 Å². The van der Waals surface area contributed by atoms with Gasteiger partial charge in [0, 0.05) is 8.90 Å². The van der Waals surface area contributed by atoms with Gasteiger partial charge in [0.15, 0.2) is 0 Å². The minimum Gasteiger partial charge on any atom is -0.0922 e. The third-order valence-corrected chi connectivity index (χ3v) is 4.19. The third-order valence-electron chi connectivity index (χ3n) is 1.96. The van der Waals surface area contributed by atoms with Gasteiger partial charge in [-0.15, -0.1) is 0 Å². The first-order valence-corrected chi connectivity index (χ1v) is 6.54. The van der Waals surface area contributed by atoms with Gasteiger partial charge < -0.3 is 0 Å². The van der Waals surface area contributed by atoms with E-state index in [0.29, 0.717) is 5.41 Å². The van der Waals surface area contributed by atoms with Crippen LogP contribution in [0, 0.1) is 8.99 Å². The highest BCUT2D eigenvalue weighted by Crippen LogP contribution is 2.24. The number of hydrogen-bond donors (Lipinski definition) is 0. The van der Waals surface area contributed by atoms with Crippen LogP contribution in [-0.4, -0.2) is 5.33 Å². The van der Waals surface area contributed by atoms with E-state index in [9.17, 15) is 0 Å². The van der Waals surface area contributed by atoms with Crippen molar-refractivity contribution >= 4 is 38.5 Å². The summed E-state index contributed by atoms with van der Waals surface area (Å²) in [5.41, 5.74) is 1.78. The van der Waals surface area contributed by atoms with Crippen LogP contribution in [0.1, 0.15) is 19.4 Å². The van der Waals surface area contributed by atoms with Crippen molar-refractivity contribution in [1.29, 1.82) is 0 Å². The minimum absolute atomic E-state index is 0.354. The Morgan fingerprint density at radius 3 is 2.23 bits per heavy atom. The van der Waals surface area contributed by atoms with Gasteiger partial charge in [-0.25, -0.2) is 0 Å². The second-order valence-electron chi connectivity index (χ2n) is 4.10. The molecule has 0 N–H and O–H groups in total. The van der Waals surface area contributed by atoms with Crippen molar-refractivity contribution in [3.05, 3.63) is 33.4 Å². The highest BCUT2D eigenvalue weighted by Gasteiger charge is 2.16. The van der Waals surface area contributed by atoms with E-state index in [1.165, 1.54) is 9.13 Å². The van der Waals surface area contributed by atoms with Gasteiger partial charge in [-0.05, 0) is 52.1 Å².